The summed E-state index contributed by atoms with van der Waals surface area (Å²) in [6, 6.07) is 1.95. The highest BCUT2D eigenvalue weighted by molar-refractivity contribution is 5.48. The van der Waals surface area contributed by atoms with E-state index in [2.05, 4.69) is 13.8 Å². The molecule has 1 aliphatic rings. The molecule has 0 unspecified atom stereocenters. The number of fused-ring (bicyclic) bond motifs is 1. The van der Waals surface area contributed by atoms with Crippen molar-refractivity contribution in [3.05, 3.63) is 34.1 Å². The van der Waals surface area contributed by atoms with Gasteiger partial charge in [-0.2, -0.15) is 0 Å². The second-order valence-corrected chi connectivity index (χ2v) is 5.29. The van der Waals surface area contributed by atoms with Crippen molar-refractivity contribution < 1.29 is 4.39 Å². The van der Waals surface area contributed by atoms with Crippen LogP contribution in [0.3, 0.4) is 0 Å². The number of benzene rings is 1. The van der Waals surface area contributed by atoms with Gasteiger partial charge >= 0.3 is 0 Å². The highest BCUT2D eigenvalue weighted by atomic mass is 19.1. The smallest absolute Gasteiger partial charge is 0.129 e. The van der Waals surface area contributed by atoms with Crippen LogP contribution in [0.5, 0.6) is 0 Å². The van der Waals surface area contributed by atoms with Gasteiger partial charge in [-0.05, 0) is 47.9 Å². The molecule has 0 saturated carbocycles. The van der Waals surface area contributed by atoms with Crippen molar-refractivity contribution in [3.63, 3.8) is 0 Å². The Hall–Kier alpha value is -0.890. The third-order valence-electron chi connectivity index (χ3n) is 3.56. The average molecular weight is 207 g/mol. The molecular formula is C13H18FN. The summed E-state index contributed by atoms with van der Waals surface area (Å²) in [5, 5.41) is 0. The zero-order chi connectivity index (χ0) is 11.4. The molecule has 1 aromatic rings. The van der Waals surface area contributed by atoms with Crippen molar-refractivity contribution in [2.45, 2.75) is 45.6 Å². The van der Waals surface area contributed by atoms with Crippen molar-refractivity contribution >= 4 is 0 Å². The second-order valence-electron chi connectivity index (χ2n) is 5.29. The van der Waals surface area contributed by atoms with Crippen LogP contribution in [0.4, 0.5) is 4.39 Å². The molecule has 0 radical (unpaired) electrons. The molecule has 0 fully saturated rings. The van der Waals surface area contributed by atoms with Gasteiger partial charge < -0.3 is 5.73 Å². The summed E-state index contributed by atoms with van der Waals surface area (Å²) in [4.78, 5) is 0. The highest BCUT2D eigenvalue weighted by Gasteiger charge is 2.37. The van der Waals surface area contributed by atoms with Gasteiger partial charge in [0.25, 0.3) is 0 Å². The van der Waals surface area contributed by atoms with Crippen molar-refractivity contribution in [1.29, 1.82) is 0 Å². The van der Waals surface area contributed by atoms with Gasteiger partial charge in [-0.25, -0.2) is 4.39 Å². The summed E-state index contributed by atoms with van der Waals surface area (Å²) < 4.78 is 13.8. The second kappa shape index (κ2) is 3.05. The maximum Gasteiger partial charge on any atom is 0.129 e. The molecule has 1 aliphatic carbocycles. The molecule has 0 aliphatic heterocycles. The minimum atomic E-state index is -0.0955. The quantitative estimate of drug-likeness (QED) is 0.695. The van der Waals surface area contributed by atoms with Gasteiger partial charge in [-0.3, -0.25) is 0 Å². The largest absolute Gasteiger partial charge is 0.324 e. The minimum absolute atomic E-state index is 0.00917. The molecule has 1 atom stereocenters. The molecule has 0 heterocycles. The molecule has 1 nitrogen and oxygen atoms in total. The predicted octanol–water partition coefficient (Wildman–Crippen LogP) is 3.12. The summed E-state index contributed by atoms with van der Waals surface area (Å²) in [5.41, 5.74) is 9.88. The summed E-state index contributed by atoms with van der Waals surface area (Å²) in [6.07, 6.45) is 0.909. The molecule has 0 spiro atoms. The molecule has 2 heteroatoms. The van der Waals surface area contributed by atoms with Gasteiger partial charge in [0, 0.05) is 6.04 Å². The number of hydrogen-bond acceptors (Lipinski definition) is 1. The first-order valence-corrected chi connectivity index (χ1v) is 5.40. The number of hydrogen-bond donors (Lipinski definition) is 1. The Bertz CT molecular complexity index is 421. The Morgan fingerprint density at radius 1 is 1.40 bits per heavy atom. The van der Waals surface area contributed by atoms with E-state index >= 15 is 0 Å². The monoisotopic (exact) mass is 207 g/mol. The number of nitrogens with two attached hydrogens (primary N) is 1. The maximum atomic E-state index is 13.8. The van der Waals surface area contributed by atoms with E-state index in [9.17, 15) is 4.39 Å². The lowest BCUT2D eigenvalue weighted by atomic mass is 9.85. The van der Waals surface area contributed by atoms with Gasteiger partial charge in [0.15, 0.2) is 0 Å². The van der Waals surface area contributed by atoms with E-state index in [1.54, 1.807) is 0 Å². The van der Waals surface area contributed by atoms with Crippen molar-refractivity contribution in [2.75, 3.05) is 0 Å². The van der Waals surface area contributed by atoms with Gasteiger partial charge in [0.1, 0.15) is 5.82 Å². The summed E-state index contributed by atoms with van der Waals surface area (Å²) in [6.45, 7) is 8.01. The third-order valence-corrected chi connectivity index (χ3v) is 3.56. The Kier molecular flexibility index (Phi) is 2.16. The number of aryl methyl sites for hydroxylation is 1. The molecule has 82 valence electrons. The van der Waals surface area contributed by atoms with Crippen LogP contribution < -0.4 is 5.73 Å². The van der Waals surface area contributed by atoms with E-state index in [-0.39, 0.29) is 17.3 Å². The molecule has 0 amide bonds. The fraction of sp³-hybridized carbons (Fsp3) is 0.538. The van der Waals surface area contributed by atoms with Crippen LogP contribution >= 0.6 is 0 Å². The molecule has 2 N–H and O–H groups in total. The molecule has 1 aromatic carbocycles. The van der Waals surface area contributed by atoms with Crippen molar-refractivity contribution in [3.8, 4) is 0 Å². The van der Waals surface area contributed by atoms with Gasteiger partial charge in [0.2, 0.25) is 0 Å². The van der Waals surface area contributed by atoms with Crippen LogP contribution in [-0.4, -0.2) is 0 Å². The predicted molar refractivity (Wildman–Crippen MR) is 60.4 cm³/mol. The lowest BCUT2D eigenvalue weighted by Crippen LogP contribution is -2.14. The summed E-state index contributed by atoms with van der Waals surface area (Å²) in [7, 11) is 0. The maximum absolute atomic E-state index is 13.8. The lowest BCUT2D eigenvalue weighted by Gasteiger charge is -2.20. The van der Waals surface area contributed by atoms with E-state index in [4.69, 9.17) is 5.73 Å². The van der Waals surface area contributed by atoms with E-state index in [0.717, 1.165) is 23.1 Å². The van der Waals surface area contributed by atoms with Crippen LogP contribution in [0.2, 0.25) is 0 Å². The Balaban J connectivity index is 2.75. The first-order chi connectivity index (χ1) is 6.84. The fourth-order valence-electron chi connectivity index (χ4n) is 2.77. The molecule has 2 rings (SSSR count). The van der Waals surface area contributed by atoms with Crippen LogP contribution in [0.15, 0.2) is 6.07 Å². The SMILES string of the molecule is Cc1cc2c(c(C)c1F)[C@H](N)CC2(C)C. The van der Waals surface area contributed by atoms with Crippen molar-refractivity contribution in [2.24, 2.45) is 5.73 Å². The van der Waals surface area contributed by atoms with E-state index < -0.39 is 0 Å². The molecule has 0 bridgehead atoms. The molecule has 0 aromatic heterocycles. The summed E-state index contributed by atoms with van der Waals surface area (Å²) in [5.74, 6) is -0.0955. The van der Waals surface area contributed by atoms with Crippen LogP contribution in [0, 0.1) is 19.7 Å². The van der Waals surface area contributed by atoms with Crippen LogP contribution in [-0.2, 0) is 5.41 Å². The van der Waals surface area contributed by atoms with Gasteiger partial charge in [-0.1, -0.05) is 19.9 Å². The molecule has 0 saturated heterocycles. The Morgan fingerprint density at radius 2 is 2.00 bits per heavy atom. The minimum Gasteiger partial charge on any atom is -0.324 e. The zero-order valence-corrected chi connectivity index (χ0v) is 9.82. The third kappa shape index (κ3) is 1.39. The molecular weight excluding hydrogens is 189 g/mol. The topological polar surface area (TPSA) is 26.0 Å². The van der Waals surface area contributed by atoms with E-state index in [1.807, 2.05) is 19.9 Å². The fourth-order valence-corrected chi connectivity index (χ4v) is 2.77. The average Bonchev–Trinajstić information content (AvgIpc) is 2.33. The first kappa shape index (κ1) is 10.6. The summed E-state index contributed by atoms with van der Waals surface area (Å²) >= 11 is 0. The molecule has 15 heavy (non-hydrogen) atoms. The van der Waals surface area contributed by atoms with Gasteiger partial charge in [-0.15, -0.1) is 0 Å². The normalized spacial score (nSPS) is 22.9. The Morgan fingerprint density at radius 3 is 2.60 bits per heavy atom. The highest BCUT2D eigenvalue weighted by Crippen LogP contribution is 2.45. The van der Waals surface area contributed by atoms with Gasteiger partial charge in [0.05, 0.1) is 0 Å². The lowest BCUT2D eigenvalue weighted by molar-refractivity contribution is 0.481. The first-order valence-electron chi connectivity index (χ1n) is 5.40. The number of rotatable bonds is 0. The van der Waals surface area contributed by atoms with Crippen LogP contribution in [0.1, 0.15) is 48.6 Å². The Labute approximate surface area is 90.5 Å². The standard InChI is InChI=1S/C13H18FN/c1-7-5-9-11(8(2)12(7)14)10(15)6-13(9,3)4/h5,10H,6,15H2,1-4H3/t10-/m1/s1. The zero-order valence-electron chi connectivity index (χ0n) is 9.82. The van der Waals surface area contributed by atoms with Crippen LogP contribution in [0.25, 0.3) is 0 Å². The van der Waals surface area contributed by atoms with Crippen molar-refractivity contribution in [1.82, 2.24) is 0 Å². The van der Waals surface area contributed by atoms with E-state index in [1.165, 1.54) is 5.56 Å². The van der Waals surface area contributed by atoms with E-state index in [0.29, 0.717) is 0 Å². The number of halogens is 1.